The van der Waals surface area contributed by atoms with Gasteiger partial charge in [0.2, 0.25) is 0 Å². The third kappa shape index (κ3) is 6.38. The first kappa shape index (κ1) is 26.3. The van der Waals surface area contributed by atoms with Crippen molar-refractivity contribution in [1.82, 2.24) is 15.3 Å². The molecule has 6 heteroatoms. The molecule has 1 fully saturated rings. The van der Waals surface area contributed by atoms with Gasteiger partial charge in [-0.1, -0.05) is 60.7 Å². The maximum absolute atomic E-state index is 5.83. The zero-order chi connectivity index (χ0) is 26.2. The van der Waals surface area contributed by atoms with Crippen LogP contribution in [-0.2, 0) is 4.84 Å². The molecule has 0 saturated carbocycles. The standard InChI is InChI=1S/C32H39N3O3/c1-36-30-17-16-27(23-31(30)37-2)29-24-28(38-33-29)15-9-10-18-34-19-21-35(22-20-34)32(25-11-5-3-6-12-25)26-13-7-4-8-14-26/h3-8,11-14,16-17,23-24,28,32-33H,9-10,15,18-22H2,1-2H3. The summed E-state index contributed by atoms with van der Waals surface area (Å²) in [6.45, 7) is 5.53. The van der Waals surface area contributed by atoms with E-state index in [-0.39, 0.29) is 6.10 Å². The highest BCUT2D eigenvalue weighted by molar-refractivity contribution is 5.67. The van der Waals surface area contributed by atoms with E-state index in [0.29, 0.717) is 6.04 Å². The normalized spacial score (nSPS) is 18.3. The summed E-state index contributed by atoms with van der Waals surface area (Å²) in [5.41, 5.74) is 7.86. The Labute approximate surface area is 226 Å². The Balaban J connectivity index is 1.08. The molecule has 2 aliphatic heterocycles. The number of hydroxylamine groups is 1. The fourth-order valence-electron chi connectivity index (χ4n) is 5.51. The van der Waals surface area contributed by atoms with Gasteiger partial charge in [-0.05, 0) is 61.2 Å². The lowest BCUT2D eigenvalue weighted by atomic mass is 9.96. The highest BCUT2D eigenvalue weighted by Gasteiger charge is 2.26. The van der Waals surface area contributed by atoms with Gasteiger partial charge in [-0.2, -0.15) is 0 Å². The summed E-state index contributed by atoms with van der Waals surface area (Å²) in [7, 11) is 3.30. The molecule has 0 spiro atoms. The van der Waals surface area contributed by atoms with Gasteiger partial charge in [0.25, 0.3) is 0 Å². The number of nitrogens with one attached hydrogen (secondary N) is 1. The molecule has 6 nitrogen and oxygen atoms in total. The predicted octanol–water partition coefficient (Wildman–Crippen LogP) is 5.53. The second-order valence-corrected chi connectivity index (χ2v) is 10.0. The van der Waals surface area contributed by atoms with E-state index in [1.54, 1.807) is 14.2 Å². The van der Waals surface area contributed by atoms with Crippen LogP contribution < -0.4 is 15.0 Å². The van der Waals surface area contributed by atoms with E-state index >= 15 is 0 Å². The van der Waals surface area contributed by atoms with Gasteiger partial charge in [-0.25, -0.2) is 0 Å². The molecule has 3 aromatic rings. The topological polar surface area (TPSA) is 46.2 Å². The van der Waals surface area contributed by atoms with Crippen LogP contribution in [0.5, 0.6) is 11.5 Å². The first-order chi connectivity index (χ1) is 18.7. The Morgan fingerprint density at radius 1 is 0.816 bits per heavy atom. The predicted molar refractivity (Wildman–Crippen MR) is 152 cm³/mol. The molecule has 3 aromatic carbocycles. The van der Waals surface area contributed by atoms with Crippen molar-refractivity contribution in [2.24, 2.45) is 0 Å². The van der Waals surface area contributed by atoms with E-state index in [1.807, 2.05) is 18.2 Å². The second-order valence-electron chi connectivity index (χ2n) is 10.0. The van der Waals surface area contributed by atoms with E-state index in [9.17, 15) is 0 Å². The van der Waals surface area contributed by atoms with E-state index in [4.69, 9.17) is 14.3 Å². The minimum Gasteiger partial charge on any atom is -0.493 e. The molecular formula is C32H39N3O3. The highest BCUT2D eigenvalue weighted by atomic mass is 16.7. The molecule has 2 aliphatic rings. The number of ether oxygens (including phenoxy) is 2. The Hall–Kier alpha value is -3.32. The van der Waals surface area contributed by atoms with E-state index in [0.717, 1.165) is 68.3 Å². The summed E-state index contributed by atoms with van der Waals surface area (Å²) in [4.78, 5) is 11.1. The molecule has 0 aliphatic carbocycles. The molecule has 0 amide bonds. The summed E-state index contributed by atoms with van der Waals surface area (Å²) in [6, 6.07) is 28.1. The molecule has 200 valence electrons. The van der Waals surface area contributed by atoms with Gasteiger partial charge in [0.15, 0.2) is 11.5 Å². The van der Waals surface area contributed by atoms with Crippen molar-refractivity contribution in [3.05, 3.63) is 102 Å². The molecule has 1 unspecified atom stereocenters. The van der Waals surface area contributed by atoms with Crippen LogP contribution in [0.25, 0.3) is 5.70 Å². The van der Waals surface area contributed by atoms with Gasteiger partial charge in [-0.15, -0.1) is 0 Å². The van der Waals surface area contributed by atoms with Crippen molar-refractivity contribution in [2.45, 2.75) is 31.4 Å². The summed E-state index contributed by atoms with van der Waals surface area (Å²) in [5.74, 6) is 1.44. The van der Waals surface area contributed by atoms with Crippen LogP contribution in [0.15, 0.2) is 84.9 Å². The molecule has 1 N–H and O–H groups in total. The van der Waals surface area contributed by atoms with Crippen molar-refractivity contribution in [3.63, 3.8) is 0 Å². The van der Waals surface area contributed by atoms with Crippen molar-refractivity contribution in [1.29, 1.82) is 0 Å². The molecule has 38 heavy (non-hydrogen) atoms. The Morgan fingerprint density at radius 2 is 1.47 bits per heavy atom. The first-order valence-corrected chi connectivity index (χ1v) is 13.7. The largest absolute Gasteiger partial charge is 0.493 e. The number of methoxy groups -OCH3 is 2. The minimum atomic E-state index is 0.0902. The molecular weight excluding hydrogens is 474 g/mol. The van der Waals surface area contributed by atoms with Crippen LogP contribution in [0.4, 0.5) is 0 Å². The minimum absolute atomic E-state index is 0.0902. The average Bonchev–Trinajstić information content (AvgIpc) is 3.46. The summed E-state index contributed by atoms with van der Waals surface area (Å²) >= 11 is 0. The lowest BCUT2D eigenvalue weighted by Crippen LogP contribution is -2.48. The zero-order valence-corrected chi connectivity index (χ0v) is 22.5. The molecule has 0 bridgehead atoms. The summed E-state index contributed by atoms with van der Waals surface area (Å²) < 4.78 is 10.8. The van der Waals surface area contributed by atoms with Crippen LogP contribution in [0, 0.1) is 0 Å². The zero-order valence-electron chi connectivity index (χ0n) is 22.5. The first-order valence-electron chi connectivity index (χ1n) is 13.7. The molecule has 5 rings (SSSR count). The highest BCUT2D eigenvalue weighted by Crippen LogP contribution is 2.32. The number of nitrogens with zero attached hydrogens (tertiary/aromatic N) is 2. The van der Waals surface area contributed by atoms with Crippen LogP contribution in [0.1, 0.15) is 42.0 Å². The van der Waals surface area contributed by atoms with Gasteiger partial charge in [0.05, 0.1) is 26.0 Å². The van der Waals surface area contributed by atoms with Crippen molar-refractivity contribution >= 4 is 5.70 Å². The Bertz CT molecular complexity index is 1140. The molecule has 2 heterocycles. The quantitative estimate of drug-likeness (QED) is 0.341. The number of piperazine rings is 1. The SMILES string of the molecule is COc1ccc(C2=CC(CCCCN3CCN(C(c4ccccc4)c4ccccc4)CC3)ON2)cc1OC. The van der Waals surface area contributed by atoms with Crippen molar-refractivity contribution < 1.29 is 14.3 Å². The second kappa shape index (κ2) is 13.0. The van der Waals surface area contributed by atoms with Gasteiger partial charge >= 0.3 is 0 Å². The van der Waals surface area contributed by atoms with Gasteiger partial charge in [0.1, 0.15) is 6.10 Å². The Morgan fingerprint density at radius 3 is 2.11 bits per heavy atom. The number of hydrogen-bond acceptors (Lipinski definition) is 6. The monoisotopic (exact) mass is 513 g/mol. The third-order valence-electron chi connectivity index (χ3n) is 7.58. The fraction of sp³-hybridized carbons (Fsp3) is 0.375. The fourth-order valence-corrected chi connectivity index (χ4v) is 5.51. The van der Waals surface area contributed by atoms with Crippen LogP contribution in [0.3, 0.4) is 0 Å². The molecule has 1 saturated heterocycles. The lowest BCUT2D eigenvalue weighted by molar-refractivity contribution is 0.0443. The smallest absolute Gasteiger partial charge is 0.161 e. The van der Waals surface area contributed by atoms with E-state index in [1.165, 1.54) is 17.5 Å². The maximum Gasteiger partial charge on any atom is 0.161 e. The lowest BCUT2D eigenvalue weighted by Gasteiger charge is -2.40. The van der Waals surface area contributed by atoms with Crippen molar-refractivity contribution in [3.8, 4) is 11.5 Å². The van der Waals surface area contributed by atoms with Crippen LogP contribution >= 0.6 is 0 Å². The summed E-state index contributed by atoms with van der Waals surface area (Å²) in [6.07, 6.45) is 5.59. The van der Waals surface area contributed by atoms with E-state index < -0.39 is 0 Å². The van der Waals surface area contributed by atoms with Gasteiger partial charge in [0, 0.05) is 31.7 Å². The summed E-state index contributed by atoms with van der Waals surface area (Å²) in [5, 5.41) is 0. The number of benzene rings is 3. The van der Waals surface area contributed by atoms with Crippen LogP contribution in [0.2, 0.25) is 0 Å². The number of hydrogen-bond donors (Lipinski definition) is 1. The molecule has 1 atom stereocenters. The van der Waals surface area contributed by atoms with Gasteiger partial charge < -0.3 is 14.4 Å². The maximum atomic E-state index is 5.83. The van der Waals surface area contributed by atoms with Crippen molar-refractivity contribution in [2.75, 3.05) is 46.9 Å². The van der Waals surface area contributed by atoms with Crippen LogP contribution in [-0.4, -0.2) is 62.8 Å². The number of unbranched alkanes of at least 4 members (excludes halogenated alkanes) is 1. The Kier molecular flexibility index (Phi) is 8.97. The molecule has 0 aromatic heterocycles. The van der Waals surface area contributed by atoms with E-state index in [2.05, 4.69) is 82.0 Å². The third-order valence-corrected chi connectivity index (χ3v) is 7.58. The average molecular weight is 514 g/mol. The van der Waals surface area contributed by atoms with Gasteiger partial charge in [-0.3, -0.25) is 15.2 Å². The molecule has 0 radical (unpaired) electrons. The number of rotatable bonds is 11.